The molecule has 0 radical (unpaired) electrons. The standard InChI is InChI=1S/C21H27N3O3/c1-15-4-3-10-24(15)21(25)14-23-11-8-17(13-23)27-20-7-9-22-19-6-5-16(26-2)12-18(19)20/h5-7,9,12,15,17H,3-4,8,10-11,13-14H2,1-2H3/t15-,17+/m1/s1. The Morgan fingerprint density at radius 2 is 2.15 bits per heavy atom. The molecule has 0 saturated carbocycles. The molecule has 0 bridgehead atoms. The molecule has 2 atom stereocenters. The van der Waals surface area contributed by atoms with Crippen molar-refractivity contribution in [2.75, 3.05) is 33.3 Å². The van der Waals surface area contributed by atoms with E-state index in [1.165, 1.54) is 0 Å². The van der Waals surface area contributed by atoms with Crippen LogP contribution in [0.4, 0.5) is 0 Å². The van der Waals surface area contributed by atoms with E-state index in [1.54, 1.807) is 13.3 Å². The van der Waals surface area contributed by atoms with Crippen molar-refractivity contribution in [3.63, 3.8) is 0 Å². The number of rotatable bonds is 5. The molecule has 0 spiro atoms. The predicted octanol–water partition coefficient (Wildman–Crippen LogP) is 2.71. The minimum Gasteiger partial charge on any atom is -0.497 e. The van der Waals surface area contributed by atoms with Gasteiger partial charge in [-0.2, -0.15) is 0 Å². The highest BCUT2D eigenvalue weighted by molar-refractivity contribution is 5.86. The molecule has 0 unspecified atom stereocenters. The van der Waals surface area contributed by atoms with Crippen molar-refractivity contribution in [2.24, 2.45) is 0 Å². The van der Waals surface area contributed by atoms with Gasteiger partial charge in [0.15, 0.2) is 0 Å². The normalized spacial score (nSPS) is 23.1. The van der Waals surface area contributed by atoms with Gasteiger partial charge in [0.25, 0.3) is 0 Å². The largest absolute Gasteiger partial charge is 0.497 e. The predicted molar refractivity (Wildman–Crippen MR) is 104 cm³/mol. The van der Waals surface area contributed by atoms with Crippen molar-refractivity contribution in [3.8, 4) is 11.5 Å². The van der Waals surface area contributed by atoms with Gasteiger partial charge in [0, 0.05) is 37.3 Å². The molecule has 1 aromatic heterocycles. The number of benzene rings is 1. The number of hydrogen-bond donors (Lipinski definition) is 0. The smallest absolute Gasteiger partial charge is 0.236 e. The first-order chi connectivity index (χ1) is 13.1. The van der Waals surface area contributed by atoms with Gasteiger partial charge in [-0.15, -0.1) is 0 Å². The van der Waals surface area contributed by atoms with Gasteiger partial charge < -0.3 is 14.4 Å². The lowest BCUT2D eigenvalue weighted by molar-refractivity contribution is -0.132. The summed E-state index contributed by atoms with van der Waals surface area (Å²) in [4.78, 5) is 21.2. The second-order valence-electron chi connectivity index (χ2n) is 7.53. The molecule has 144 valence electrons. The first kappa shape index (κ1) is 18.0. The SMILES string of the molecule is COc1ccc2nccc(O[C@H]3CCN(CC(=O)N4CCC[C@H]4C)C3)c2c1. The Morgan fingerprint density at radius 3 is 2.93 bits per heavy atom. The summed E-state index contributed by atoms with van der Waals surface area (Å²) in [6.07, 6.45) is 5.03. The number of nitrogens with zero attached hydrogens (tertiary/aromatic N) is 3. The number of ether oxygens (including phenoxy) is 2. The molecule has 0 aliphatic carbocycles. The van der Waals surface area contributed by atoms with Gasteiger partial charge in [0.1, 0.15) is 17.6 Å². The number of carbonyl (C=O) groups excluding carboxylic acids is 1. The quantitative estimate of drug-likeness (QED) is 0.811. The van der Waals surface area contributed by atoms with Crippen LogP contribution in [0.5, 0.6) is 11.5 Å². The fourth-order valence-corrected chi connectivity index (χ4v) is 4.13. The number of aromatic nitrogens is 1. The Kier molecular flexibility index (Phi) is 5.16. The number of amides is 1. The van der Waals surface area contributed by atoms with Crippen LogP contribution in [0.15, 0.2) is 30.5 Å². The summed E-state index contributed by atoms with van der Waals surface area (Å²) in [5.41, 5.74) is 0.890. The second kappa shape index (κ2) is 7.72. The maximum atomic E-state index is 12.5. The maximum absolute atomic E-state index is 12.5. The van der Waals surface area contributed by atoms with Gasteiger partial charge in [-0.3, -0.25) is 14.7 Å². The molecule has 2 fully saturated rings. The van der Waals surface area contributed by atoms with E-state index in [9.17, 15) is 4.79 Å². The Hall–Kier alpha value is -2.34. The molecule has 4 rings (SSSR count). The van der Waals surface area contributed by atoms with Gasteiger partial charge >= 0.3 is 0 Å². The lowest BCUT2D eigenvalue weighted by Gasteiger charge is -2.24. The van der Waals surface area contributed by atoms with Crippen LogP contribution < -0.4 is 9.47 Å². The molecular formula is C21H27N3O3. The highest BCUT2D eigenvalue weighted by Crippen LogP contribution is 2.29. The maximum Gasteiger partial charge on any atom is 0.236 e. The Bertz CT molecular complexity index is 825. The van der Waals surface area contributed by atoms with Crippen molar-refractivity contribution >= 4 is 16.8 Å². The number of likely N-dealkylation sites (tertiary alicyclic amines) is 2. The Morgan fingerprint density at radius 1 is 1.26 bits per heavy atom. The Labute approximate surface area is 160 Å². The summed E-state index contributed by atoms with van der Waals surface area (Å²) in [5, 5.41) is 0.956. The molecule has 2 aromatic rings. The second-order valence-corrected chi connectivity index (χ2v) is 7.53. The van der Waals surface area contributed by atoms with Gasteiger partial charge in [-0.25, -0.2) is 0 Å². The van der Waals surface area contributed by atoms with Crippen molar-refractivity contribution in [3.05, 3.63) is 30.5 Å². The molecule has 3 heterocycles. The van der Waals surface area contributed by atoms with E-state index in [1.807, 2.05) is 29.2 Å². The Balaban J connectivity index is 1.40. The first-order valence-corrected chi connectivity index (χ1v) is 9.75. The monoisotopic (exact) mass is 369 g/mol. The summed E-state index contributed by atoms with van der Waals surface area (Å²) in [7, 11) is 1.66. The van der Waals surface area contributed by atoms with E-state index in [0.717, 1.165) is 61.3 Å². The lowest BCUT2D eigenvalue weighted by Crippen LogP contribution is -2.41. The molecule has 27 heavy (non-hydrogen) atoms. The van der Waals surface area contributed by atoms with Crippen LogP contribution in [0.25, 0.3) is 10.9 Å². The van der Waals surface area contributed by atoms with Crippen molar-refractivity contribution in [1.82, 2.24) is 14.8 Å². The van der Waals surface area contributed by atoms with E-state index in [4.69, 9.17) is 9.47 Å². The van der Waals surface area contributed by atoms with Crippen LogP contribution in [-0.2, 0) is 4.79 Å². The zero-order chi connectivity index (χ0) is 18.8. The van der Waals surface area contributed by atoms with Gasteiger partial charge in [-0.05, 0) is 50.5 Å². The van der Waals surface area contributed by atoms with E-state index in [2.05, 4.69) is 16.8 Å². The van der Waals surface area contributed by atoms with Gasteiger partial charge in [0.2, 0.25) is 5.91 Å². The fraction of sp³-hybridized carbons (Fsp3) is 0.524. The molecule has 0 N–H and O–H groups in total. The van der Waals surface area contributed by atoms with Crippen molar-refractivity contribution in [1.29, 1.82) is 0 Å². The molecule has 1 amide bonds. The number of pyridine rings is 1. The molecule has 2 aliphatic rings. The molecule has 1 aromatic carbocycles. The number of methoxy groups -OCH3 is 1. The molecule has 2 aliphatic heterocycles. The molecular weight excluding hydrogens is 342 g/mol. The van der Waals surface area contributed by atoms with Crippen LogP contribution in [0.3, 0.4) is 0 Å². The topological polar surface area (TPSA) is 54.9 Å². The number of hydrogen-bond acceptors (Lipinski definition) is 5. The van der Waals surface area contributed by atoms with Crippen LogP contribution in [-0.4, -0.2) is 66.1 Å². The summed E-state index contributed by atoms with van der Waals surface area (Å²) in [5.74, 6) is 1.86. The highest BCUT2D eigenvalue weighted by Gasteiger charge is 2.30. The minimum absolute atomic E-state index is 0.0885. The zero-order valence-corrected chi connectivity index (χ0v) is 16.1. The summed E-state index contributed by atoms with van der Waals surface area (Å²) in [6.45, 7) is 5.21. The molecule has 2 saturated heterocycles. The summed E-state index contributed by atoms with van der Waals surface area (Å²) in [6, 6.07) is 8.09. The van der Waals surface area contributed by atoms with Crippen LogP contribution in [0.2, 0.25) is 0 Å². The molecule has 6 heteroatoms. The molecule has 6 nitrogen and oxygen atoms in total. The fourth-order valence-electron chi connectivity index (χ4n) is 4.13. The van der Waals surface area contributed by atoms with Crippen LogP contribution >= 0.6 is 0 Å². The number of fused-ring (bicyclic) bond motifs is 1. The van der Waals surface area contributed by atoms with Crippen molar-refractivity contribution in [2.45, 2.75) is 38.3 Å². The third-order valence-electron chi connectivity index (χ3n) is 5.66. The van der Waals surface area contributed by atoms with E-state index < -0.39 is 0 Å². The van der Waals surface area contributed by atoms with Crippen LogP contribution in [0.1, 0.15) is 26.2 Å². The zero-order valence-electron chi connectivity index (χ0n) is 16.1. The third kappa shape index (κ3) is 3.86. The van der Waals surface area contributed by atoms with Gasteiger partial charge in [-0.1, -0.05) is 0 Å². The van der Waals surface area contributed by atoms with Gasteiger partial charge in [0.05, 0.1) is 19.2 Å². The minimum atomic E-state index is 0.0885. The summed E-state index contributed by atoms with van der Waals surface area (Å²) >= 11 is 0. The lowest BCUT2D eigenvalue weighted by atomic mass is 10.2. The highest BCUT2D eigenvalue weighted by atomic mass is 16.5. The van der Waals surface area contributed by atoms with Crippen molar-refractivity contribution < 1.29 is 14.3 Å². The average Bonchev–Trinajstić information content (AvgIpc) is 3.30. The van der Waals surface area contributed by atoms with E-state index in [0.29, 0.717) is 12.6 Å². The first-order valence-electron chi connectivity index (χ1n) is 9.75. The summed E-state index contributed by atoms with van der Waals surface area (Å²) < 4.78 is 11.6. The number of carbonyl (C=O) groups is 1. The van der Waals surface area contributed by atoms with E-state index >= 15 is 0 Å². The van der Waals surface area contributed by atoms with E-state index in [-0.39, 0.29) is 12.0 Å². The van der Waals surface area contributed by atoms with Crippen LogP contribution in [0, 0.1) is 0 Å². The third-order valence-corrected chi connectivity index (χ3v) is 5.66. The average molecular weight is 369 g/mol.